The van der Waals surface area contributed by atoms with Crippen molar-refractivity contribution in [3.8, 4) is 0 Å². The van der Waals surface area contributed by atoms with Gasteiger partial charge in [0.2, 0.25) is 0 Å². The molecule has 0 saturated heterocycles. The quantitative estimate of drug-likeness (QED) is 0.793. The van der Waals surface area contributed by atoms with Crippen LogP contribution in [0.4, 0.5) is 10.7 Å². The minimum absolute atomic E-state index is 0.0792. The van der Waals surface area contributed by atoms with Crippen molar-refractivity contribution < 1.29 is 4.79 Å². The van der Waals surface area contributed by atoms with Gasteiger partial charge in [-0.25, -0.2) is 0 Å². The van der Waals surface area contributed by atoms with Gasteiger partial charge in [0.1, 0.15) is 9.88 Å². The Hall–Kier alpha value is -0.880. The Bertz CT molecular complexity index is 443. The van der Waals surface area contributed by atoms with Crippen LogP contribution in [0.1, 0.15) is 30.4 Å². The summed E-state index contributed by atoms with van der Waals surface area (Å²) in [5.74, 6) is 0.487. The summed E-state index contributed by atoms with van der Waals surface area (Å²) in [4.78, 5) is 15.8. The molecular formula is C13H23N3OS2. The standard InChI is InChI=1S/C13H23N3OS2/c1-6-15-12(17)10-9(14)11(18-5)13(19-10)16(4)7-8(2)3/h8H,6-7,14H2,1-5H3,(H,15,17). The van der Waals surface area contributed by atoms with E-state index in [1.54, 1.807) is 11.8 Å². The molecule has 1 aromatic heterocycles. The van der Waals surface area contributed by atoms with Crippen molar-refractivity contribution in [2.75, 3.05) is 37.0 Å². The lowest BCUT2D eigenvalue weighted by Crippen LogP contribution is -2.22. The number of hydrogen-bond acceptors (Lipinski definition) is 5. The Labute approximate surface area is 123 Å². The Kier molecular flexibility index (Phi) is 6.00. The fourth-order valence-electron chi connectivity index (χ4n) is 1.90. The van der Waals surface area contributed by atoms with E-state index in [1.807, 2.05) is 20.2 Å². The number of nitrogens with zero attached hydrogens (tertiary/aromatic N) is 1. The predicted octanol–water partition coefficient (Wildman–Crippen LogP) is 2.89. The first-order valence-corrected chi connectivity index (χ1v) is 8.42. The largest absolute Gasteiger partial charge is 0.396 e. The molecule has 6 heteroatoms. The lowest BCUT2D eigenvalue weighted by Gasteiger charge is -2.20. The highest BCUT2D eigenvalue weighted by molar-refractivity contribution is 7.99. The second kappa shape index (κ2) is 7.05. The molecule has 0 aliphatic heterocycles. The molecule has 1 aromatic rings. The average molecular weight is 301 g/mol. The number of nitrogens with one attached hydrogen (secondary N) is 1. The van der Waals surface area contributed by atoms with Gasteiger partial charge < -0.3 is 16.0 Å². The molecule has 0 aliphatic rings. The summed E-state index contributed by atoms with van der Waals surface area (Å²) in [6.07, 6.45) is 1.99. The number of anilines is 2. The van der Waals surface area contributed by atoms with Gasteiger partial charge in [-0.05, 0) is 19.1 Å². The van der Waals surface area contributed by atoms with E-state index >= 15 is 0 Å². The molecule has 0 bridgehead atoms. The number of rotatable bonds is 6. The Balaban J connectivity index is 3.11. The van der Waals surface area contributed by atoms with E-state index < -0.39 is 0 Å². The highest BCUT2D eigenvalue weighted by Crippen LogP contribution is 2.43. The van der Waals surface area contributed by atoms with Gasteiger partial charge >= 0.3 is 0 Å². The van der Waals surface area contributed by atoms with Crippen LogP contribution in [0.3, 0.4) is 0 Å². The van der Waals surface area contributed by atoms with Crippen LogP contribution < -0.4 is 16.0 Å². The highest BCUT2D eigenvalue weighted by Gasteiger charge is 2.22. The average Bonchev–Trinajstić information content (AvgIpc) is 2.65. The summed E-state index contributed by atoms with van der Waals surface area (Å²) in [7, 11) is 2.05. The lowest BCUT2D eigenvalue weighted by molar-refractivity contribution is 0.0960. The van der Waals surface area contributed by atoms with Gasteiger partial charge in [0, 0.05) is 20.1 Å². The van der Waals surface area contributed by atoms with E-state index in [2.05, 4.69) is 24.1 Å². The number of nitrogen functional groups attached to an aromatic ring is 1. The van der Waals surface area contributed by atoms with E-state index in [-0.39, 0.29) is 5.91 Å². The molecule has 0 saturated carbocycles. The minimum atomic E-state index is -0.0792. The first-order valence-electron chi connectivity index (χ1n) is 6.37. The molecule has 0 unspecified atom stereocenters. The zero-order valence-electron chi connectivity index (χ0n) is 12.2. The monoisotopic (exact) mass is 301 g/mol. The molecule has 0 spiro atoms. The van der Waals surface area contributed by atoms with Crippen LogP contribution in [0.5, 0.6) is 0 Å². The van der Waals surface area contributed by atoms with E-state index in [0.717, 1.165) is 16.4 Å². The second-order valence-corrected chi connectivity index (χ2v) is 6.63. The molecule has 19 heavy (non-hydrogen) atoms. The maximum absolute atomic E-state index is 12.0. The van der Waals surface area contributed by atoms with Crippen molar-refractivity contribution >= 4 is 39.7 Å². The predicted molar refractivity (Wildman–Crippen MR) is 86.6 cm³/mol. The van der Waals surface area contributed by atoms with Gasteiger partial charge in [-0.1, -0.05) is 13.8 Å². The van der Waals surface area contributed by atoms with Gasteiger partial charge in [0.15, 0.2) is 0 Å². The maximum atomic E-state index is 12.0. The molecule has 108 valence electrons. The highest BCUT2D eigenvalue weighted by atomic mass is 32.2. The summed E-state index contributed by atoms with van der Waals surface area (Å²) >= 11 is 3.07. The molecule has 0 atom stereocenters. The molecule has 1 amide bonds. The number of carbonyl (C=O) groups is 1. The third-order valence-corrected chi connectivity index (χ3v) is 4.88. The van der Waals surface area contributed by atoms with Crippen molar-refractivity contribution in [2.24, 2.45) is 5.92 Å². The second-order valence-electron chi connectivity index (χ2n) is 4.82. The van der Waals surface area contributed by atoms with E-state index in [4.69, 9.17) is 5.73 Å². The molecule has 3 N–H and O–H groups in total. The third kappa shape index (κ3) is 3.79. The van der Waals surface area contributed by atoms with Crippen molar-refractivity contribution in [3.63, 3.8) is 0 Å². The van der Waals surface area contributed by atoms with Gasteiger partial charge in [-0.2, -0.15) is 0 Å². The lowest BCUT2D eigenvalue weighted by atomic mass is 10.2. The molecular weight excluding hydrogens is 278 g/mol. The van der Waals surface area contributed by atoms with Crippen LogP contribution in [0, 0.1) is 5.92 Å². The number of amides is 1. The van der Waals surface area contributed by atoms with Gasteiger partial charge in [-0.15, -0.1) is 23.1 Å². The molecule has 0 aromatic carbocycles. The third-order valence-electron chi connectivity index (χ3n) is 2.62. The summed E-state index contributed by atoms with van der Waals surface area (Å²) in [5, 5.41) is 3.89. The van der Waals surface area contributed by atoms with Crippen molar-refractivity contribution in [2.45, 2.75) is 25.7 Å². The van der Waals surface area contributed by atoms with Gasteiger partial charge in [0.25, 0.3) is 5.91 Å². The van der Waals surface area contributed by atoms with E-state index in [9.17, 15) is 4.79 Å². The Morgan fingerprint density at radius 2 is 2.16 bits per heavy atom. The summed E-state index contributed by atoms with van der Waals surface area (Å²) in [6, 6.07) is 0. The van der Waals surface area contributed by atoms with Crippen LogP contribution in [0.15, 0.2) is 4.90 Å². The Morgan fingerprint density at radius 1 is 1.53 bits per heavy atom. The molecule has 0 aliphatic carbocycles. The van der Waals surface area contributed by atoms with E-state index in [1.165, 1.54) is 11.3 Å². The first kappa shape index (κ1) is 16.2. The fraction of sp³-hybridized carbons (Fsp3) is 0.615. The fourth-order valence-corrected chi connectivity index (χ4v) is 4.00. The van der Waals surface area contributed by atoms with Crippen LogP contribution in [0.2, 0.25) is 0 Å². The zero-order chi connectivity index (χ0) is 14.6. The van der Waals surface area contributed by atoms with Gasteiger partial charge in [-0.3, -0.25) is 4.79 Å². The SMILES string of the molecule is CCNC(=O)c1sc(N(C)CC(C)C)c(SC)c1N. The summed E-state index contributed by atoms with van der Waals surface area (Å²) in [5.41, 5.74) is 6.72. The number of carbonyl (C=O) groups excluding carboxylic acids is 1. The molecule has 0 fully saturated rings. The van der Waals surface area contributed by atoms with Gasteiger partial charge in [0.05, 0.1) is 10.6 Å². The smallest absolute Gasteiger partial charge is 0.263 e. The first-order chi connectivity index (χ1) is 8.92. The minimum Gasteiger partial charge on any atom is -0.396 e. The number of hydrogen-bond donors (Lipinski definition) is 2. The number of nitrogens with two attached hydrogens (primary N) is 1. The maximum Gasteiger partial charge on any atom is 0.263 e. The van der Waals surface area contributed by atoms with Crippen molar-refractivity contribution in [3.05, 3.63) is 4.88 Å². The zero-order valence-corrected chi connectivity index (χ0v) is 13.9. The topological polar surface area (TPSA) is 58.4 Å². The van der Waals surface area contributed by atoms with Crippen molar-refractivity contribution in [1.29, 1.82) is 0 Å². The number of thioether (sulfide) groups is 1. The number of thiophene rings is 1. The van der Waals surface area contributed by atoms with Crippen LogP contribution in [-0.2, 0) is 0 Å². The van der Waals surface area contributed by atoms with Crippen LogP contribution >= 0.6 is 23.1 Å². The molecule has 1 rings (SSSR count). The summed E-state index contributed by atoms with van der Waals surface area (Å²) < 4.78 is 0. The van der Waals surface area contributed by atoms with Crippen LogP contribution in [0.25, 0.3) is 0 Å². The summed E-state index contributed by atoms with van der Waals surface area (Å²) in [6.45, 7) is 7.82. The Morgan fingerprint density at radius 3 is 2.63 bits per heavy atom. The van der Waals surface area contributed by atoms with Crippen LogP contribution in [-0.4, -0.2) is 32.3 Å². The molecule has 1 heterocycles. The van der Waals surface area contributed by atoms with E-state index in [0.29, 0.717) is 23.0 Å². The normalized spacial score (nSPS) is 10.8. The molecule has 0 radical (unpaired) electrons. The van der Waals surface area contributed by atoms with Crippen molar-refractivity contribution in [1.82, 2.24) is 5.32 Å². The molecule has 4 nitrogen and oxygen atoms in total.